The predicted octanol–water partition coefficient (Wildman–Crippen LogP) is -11.1. The zero-order valence-electron chi connectivity index (χ0n) is 54.6. The molecule has 0 aromatic carbocycles. The van der Waals surface area contributed by atoms with E-state index in [9.17, 15) is 63.0 Å². The van der Waals surface area contributed by atoms with Gasteiger partial charge in [0.15, 0.2) is 29.8 Å². The van der Waals surface area contributed by atoms with E-state index in [4.69, 9.17) is 74.5 Å². The Morgan fingerprint density at radius 2 is 0.719 bits per heavy atom. The van der Waals surface area contributed by atoms with Crippen LogP contribution in [0.25, 0.3) is 0 Å². The molecule has 41 heteroatoms. The fourth-order valence-electron chi connectivity index (χ4n) is 9.54. The molecule has 0 bridgehead atoms. The fraction of sp³-hybridized carbons (Fsp3) is 0.709. The molecule has 41 nitrogen and oxygen atoms in total. The van der Waals surface area contributed by atoms with Crippen molar-refractivity contribution in [2.45, 2.75) is 183 Å². The lowest BCUT2D eigenvalue weighted by molar-refractivity contribution is -0.142. The van der Waals surface area contributed by atoms with Crippen molar-refractivity contribution in [2.24, 2.45) is 99.5 Å². The minimum Gasteiger partial charge on any atom is -0.480 e. The molecular weight excluding hydrogens is 1260 g/mol. The molecule has 96 heavy (non-hydrogen) atoms. The van der Waals surface area contributed by atoms with Gasteiger partial charge >= 0.3 is 5.97 Å². The summed E-state index contributed by atoms with van der Waals surface area (Å²) in [6.45, 7) is 0.351. The Balaban J connectivity index is 3.72. The standard InChI is InChI=1S/C55H106N28O13/c1-30(84)41(58)50(96)83-27-11-19-38(83)49(95)82-32(15-7-23-70-52(61)62)42(88)74-28-39(85)76-33(16-8-24-71-53(63)64)44(90)80-36(17-9-25-72-54(65)66)48(94)81-37(18-10-26-73-55(67)68)47(93)79-35(13-3-5-21-57)46(92)78-34(12-2-4-20-56)45(91)77-31(14-6-22-69-51(59)60)43(89)75-29-40(86)87/h30-38,41,84H,2-29,56-58H2,1H3,(H,74,88)(H,75,89)(H,76,85)(H,77,91)(H,78,92)(H,79,93)(H,80,90)(H,81,94)(H,82,95)(H,86,87)(H4,59,60,69)(H4,61,62,70)(H4,63,64,71)(H4,65,66,72)(H4,67,68,73)/t30-,31+,32+,33+,34+,35+,36+,37+,38+,41+/m1/s1. The fourth-order valence-corrected chi connectivity index (χ4v) is 9.54. The number of aliphatic hydroxyl groups excluding tert-OH is 1. The predicted molar refractivity (Wildman–Crippen MR) is 357 cm³/mol. The van der Waals surface area contributed by atoms with Gasteiger partial charge in [-0.05, 0) is 136 Å². The number of hydrogen-bond donors (Lipinski definition) is 24. The molecule has 0 aromatic rings. The van der Waals surface area contributed by atoms with E-state index in [1.54, 1.807) is 0 Å². The summed E-state index contributed by atoms with van der Waals surface area (Å²) in [5, 5.41) is 42.2. The summed E-state index contributed by atoms with van der Waals surface area (Å²) in [5.74, 6) is -11.1. The van der Waals surface area contributed by atoms with Crippen LogP contribution in [-0.4, -0.2) is 236 Å². The molecule has 0 radical (unpaired) electrons. The third kappa shape index (κ3) is 36.1. The highest BCUT2D eigenvalue weighted by Crippen LogP contribution is 2.20. The van der Waals surface area contributed by atoms with E-state index < -0.39 is 139 Å². The number of amides is 10. The van der Waals surface area contributed by atoms with Crippen LogP contribution >= 0.6 is 0 Å². The van der Waals surface area contributed by atoms with Gasteiger partial charge in [0.05, 0.1) is 12.6 Å². The van der Waals surface area contributed by atoms with E-state index in [-0.39, 0.29) is 172 Å². The molecule has 0 aromatic heterocycles. The normalized spacial score (nSPS) is 15.2. The second-order valence-corrected chi connectivity index (χ2v) is 22.6. The number of nitrogens with two attached hydrogens (primary N) is 13. The van der Waals surface area contributed by atoms with Gasteiger partial charge < -0.3 is 138 Å². The lowest BCUT2D eigenvalue weighted by atomic mass is 10.0. The molecule has 10 atom stereocenters. The summed E-state index contributed by atoms with van der Waals surface area (Å²) in [6.07, 6.45) is 0.616. The Morgan fingerprint density at radius 3 is 1.02 bits per heavy atom. The monoisotopic (exact) mass is 1370 g/mol. The first kappa shape index (κ1) is 84.4. The highest BCUT2D eigenvalue weighted by atomic mass is 16.4. The maximum atomic E-state index is 14.6. The van der Waals surface area contributed by atoms with Crippen LogP contribution in [0.4, 0.5) is 0 Å². The number of carbonyl (C=O) groups excluding carboxylic acids is 10. The number of unbranched alkanes of at least 4 members (excludes halogenated alkanes) is 2. The van der Waals surface area contributed by atoms with Crippen molar-refractivity contribution in [3.63, 3.8) is 0 Å². The SMILES string of the molecule is C[C@@H](O)[C@H](N)C(=O)N1CCC[C@H]1C(=O)N[C@@H](CCCN=C(N)N)C(=O)NCC(=O)N[C@@H](CCCN=C(N)N)C(=O)N[C@@H](CCCN=C(N)N)C(=O)N[C@@H](CCCN=C(N)N)C(=O)N[C@@H](CCCCN)C(=O)N[C@@H](CCCCN)C(=O)N[C@@H](CCCN=C(N)N)C(=O)NCC(=O)O. The van der Waals surface area contributed by atoms with Crippen LogP contribution in [0.15, 0.2) is 25.0 Å². The maximum absolute atomic E-state index is 14.6. The van der Waals surface area contributed by atoms with E-state index >= 15 is 0 Å². The number of guanidine groups is 5. The highest BCUT2D eigenvalue weighted by molar-refractivity contribution is 5.98. The number of aliphatic hydroxyl groups is 1. The second kappa shape index (κ2) is 47.3. The van der Waals surface area contributed by atoms with Gasteiger partial charge in [0, 0.05) is 39.3 Å². The number of aliphatic carboxylic acids is 1. The number of nitrogens with one attached hydrogen (secondary N) is 9. The van der Waals surface area contributed by atoms with Gasteiger partial charge in [0.25, 0.3) is 0 Å². The van der Waals surface area contributed by atoms with Crippen LogP contribution in [-0.2, 0) is 52.7 Å². The first-order valence-corrected chi connectivity index (χ1v) is 31.7. The molecule has 1 rings (SSSR count). The van der Waals surface area contributed by atoms with Crippen LogP contribution in [0.2, 0.25) is 0 Å². The first-order chi connectivity index (χ1) is 45.4. The minimum absolute atomic E-state index is 0.00658. The Hall–Kier alpha value is -9.64. The lowest BCUT2D eigenvalue weighted by Gasteiger charge is -2.29. The van der Waals surface area contributed by atoms with Crippen molar-refractivity contribution >= 4 is 94.8 Å². The van der Waals surface area contributed by atoms with Crippen LogP contribution < -0.4 is 122 Å². The Kier molecular flexibility index (Phi) is 41.5. The molecule has 1 heterocycles. The quantitative estimate of drug-likeness (QED) is 0.0153. The van der Waals surface area contributed by atoms with Crippen molar-refractivity contribution in [2.75, 3.05) is 65.4 Å². The van der Waals surface area contributed by atoms with Gasteiger partial charge in [-0.1, -0.05) is 0 Å². The summed E-state index contributed by atoms with van der Waals surface area (Å²) in [7, 11) is 0. The van der Waals surface area contributed by atoms with Gasteiger partial charge in [-0.3, -0.25) is 77.7 Å². The van der Waals surface area contributed by atoms with Crippen molar-refractivity contribution in [1.29, 1.82) is 0 Å². The summed E-state index contributed by atoms with van der Waals surface area (Å²) >= 11 is 0. The topological polar surface area (TPSA) is 740 Å². The van der Waals surface area contributed by atoms with E-state index in [2.05, 4.69) is 72.8 Å². The molecule has 10 amide bonds. The zero-order chi connectivity index (χ0) is 72.3. The number of likely N-dealkylation sites (tertiary alicyclic amines) is 1. The van der Waals surface area contributed by atoms with Crippen LogP contribution in [0.5, 0.6) is 0 Å². The second-order valence-electron chi connectivity index (χ2n) is 22.6. The Morgan fingerprint density at radius 1 is 0.427 bits per heavy atom. The van der Waals surface area contributed by atoms with Gasteiger partial charge in [-0.2, -0.15) is 0 Å². The first-order valence-electron chi connectivity index (χ1n) is 31.7. The molecular formula is C55H106N28O13. The van der Waals surface area contributed by atoms with Crippen molar-refractivity contribution < 1.29 is 63.0 Å². The van der Waals surface area contributed by atoms with Crippen molar-refractivity contribution in [3.8, 4) is 0 Å². The van der Waals surface area contributed by atoms with Gasteiger partial charge in [0.1, 0.15) is 60.9 Å². The molecule has 1 aliphatic rings. The Labute approximate surface area is 556 Å². The molecule has 1 aliphatic heterocycles. The molecule has 1 fully saturated rings. The van der Waals surface area contributed by atoms with E-state index in [1.807, 2.05) is 0 Å². The third-order valence-electron chi connectivity index (χ3n) is 14.6. The summed E-state index contributed by atoms with van der Waals surface area (Å²) in [5.41, 5.74) is 72.7. The highest BCUT2D eigenvalue weighted by Gasteiger charge is 2.39. The van der Waals surface area contributed by atoms with Gasteiger partial charge in [-0.15, -0.1) is 0 Å². The molecule has 544 valence electrons. The van der Waals surface area contributed by atoms with E-state index in [1.165, 1.54) is 11.8 Å². The van der Waals surface area contributed by atoms with Crippen molar-refractivity contribution in [1.82, 2.24) is 52.8 Å². The summed E-state index contributed by atoms with van der Waals surface area (Å²) in [6, 6.07) is -12.2. The maximum Gasteiger partial charge on any atom is 0.322 e. The molecule has 0 unspecified atom stereocenters. The molecule has 0 aliphatic carbocycles. The Bertz CT molecular complexity index is 2660. The molecule has 1 saturated heterocycles. The number of carboxylic acid groups (broad SMARTS) is 1. The average molecular weight is 1370 g/mol. The van der Waals surface area contributed by atoms with Gasteiger partial charge in [0.2, 0.25) is 59.1 Å². The number of nitrogens with zero attached hydrogens (tertiary/aromatic N) is 6. The average Bonchev–Trinajstić information content (AvgIpc) is 1.73. The molecule has 37 N–H and O–H groups in total. The number of hydrogen-bond acceptors (Lipinski definition) is 20. The third-order valence-corrected chi connectivity index (χ3v) is 14.6. The number of aliphatic imine (C=N–C) groups is 5. The summed E-state index contributed by atoms with van der Waals surface area (Å²) in [4.78, 5) is 172. The molecule has 0 saturated carbocycles. The number of rotatable bonds is 49. The zero-order valence-corrected chi connectivity index (χ0v) is 54.6. The smallest absolute Gasteiger partial charge is 0.322 e. The number of carbonyl (C=O) groups is 11. The lowest BCUT2D eigenvalue weighted by Crippen LogP contribution is -2.60. The summed E-state index contributed by atoms with van der Waals surface area (Å²) < 4.78 is 0. The number of carboxylic acids is 1. The molecule has 0 spiro atoms. The van der Waals surface area contributed by atoms with E-state index in [0.29, 0.717) is 25.7 Å². The van der Waals surface area contributed by atoms with Gasteiger partial charge in [-0.25, -0.2) is 0 Å². The van der Waals surface area contributed by atoms with Crippen LogP contribution in [0.1, 0.15) is 122 Å². The van der Waals surface area contributed by atoms with Crippen molar-refractivity contribution in [3.05, 3.63) is 0 Å². The van der Waals surface area contributed by atoms with E-state index in [0.717, 1.165) is 0 Å². The van der Waals surface area contributed by atoms with Crippen LogP contribution in [0.3, 0.4) is 0 Å². The minimum atomic E-state index is -1.51. The van der Waals surface area contributed by atoms with Crippen LogP contribution in [0, 0.1) is 0 Å². The largest absolute Gasteiger partial charge is 0.480 e.